The molecule has 0 saturated carbocycles. The van der Waals surface area contributed by atoms with Gasteiger partial charge in [-0.2, -0.15) is 0 Å². The Labute approximate surface area is 95.6 Å². The van der Waals surface area contributed by atoms with Gasteiger partial charge in [-0.25, -0.2) is 0 Å². The average Bonchev–Trinajstić information content (AvgIpc) is 1.74. The summed E-state index contributed by atoms with van der Waals surface area (Å²) >= 11 is 0. The Morgan fingerprint density at radius 3 is 1.80 bits per heavy atom. The van der Waals surface area contributed by atoms with E-state index < -0.39 is 0 Å². The van der Waals surface area contributed by atoms with Gasteiger partial charge >= 0.3 is 0 Å². The minimum atomic E-state index is -0.126. The largest absolute Gasteiger partial charge is 0.370 e. The van der Waals surface area contributed by atoms with Crippen LogP contribution in [0.2, 0.25) is 0 Å². The molecule has 0 amide bonds. The summed E-state index contributed by atoms with van der Waals surface area (Å²) in [6.45, 7) is 14.9. The normalized spacial score (nSPS) is 13.7. The minimum Gasteiger partial charge on any atom is -0.370 e. The van der Waals surface area contributed by atoms with E-state index in [1.165, 1.54) is 0 Å². The third-order valence-corrected chi connectivity index (χ3v) is 2.07. The SMILES string of the molecule is C#CCC(C)(C)CC(C)(C)OC(C)(C)C. The van der Waals surface area contributed by atoms with E-state index in [0.717, 1.165) is 12.8 Å². The summed E-state index contributed by atoms with van der Waals surface area (Å²) in [4.78, 5) is 0. The molecule has 0 heterocycles. The molecule has 0 fully saturated rings. The zero-order chi connectivity index (χ0) is 12.3. The molecule has 0 aliphatic heterocycles. The van der Waals surface area contributed by atoms with Crippen molar-refractivity contribution in [1.29, 1.82) is 0 Å². The highest BCUT2D eigenvalue weighted by Gasteiger charge is 2.32. The van der Waals surface area contributed by atoms with Gasteiger partial charge in [0.05, 0.1) is 11.2 Å². The van der Waals surface area contributed by atoms with E-state index in [1.54, 1.807) is 0 Å². The van der Waals surface area contributed by atoms with Crippen LogP contribution < -0.4 is 0 Å². The van der Waals surface area contributed by atoms with Crippen molar-refractivity contribution < 1.29 is 4.74 Å². The summed E-state index contributed by atoms with van der Waals surface area (Å²) in [6, 6.07) is 0. The van der Waals surface area contributed by atoms with Crippen LogP contribution in [0, 0.1) is 17.8 Å². The van der Waals surface area contributed by atoms with Gasteiger partial charge in [0.2, 0.25) is 0 Å². The summed E-state index contributed by atoms with van der Waals surface area (Å²) in [7, 11) is 0. The second-order valence-corrected chi connectivity index (χ2v) is 6.70. The molecule has 0 spiro atoms. The molecule has 1 heteroatoms. The zero-order valence-electron chi connectivity index (χ0n) is 11.4. The first kappa shape index (κ1) is 14.5. The first-order valence-electron chi connectivity index (χ1n) is 5.61. The highest BCUT2D eigenvalue weighted by atomic mass is 16.5. The maximum absolute atomic E-state index is 6.04. The zero-order valence-corrected chi connectivity index (χ0v) is 11.4. The summed E-state index contributed by atoms with van der Waals surface area (Å²) < 4.78 is 6.04. The Morgan fingerprint density at radius 1 is 1.00 bits per heavy atom. The fraction of sp³-hybridized carbons (Fsp3) is 0.857. The fourth-order valence-corrected chi connectivity index (χ4v) is 2.36. The van der Waals surface area contributed by atoms with Gasteiger partial charge in [0.25, 0.3) is 0 Å². The molecular formula is C14H26O. The van der Waals surface area contributed by atoms with Crippen LogP contribution in [0.25, 0.3) is 0 Å². The quantitative estimate of drug-likeness (QED) is 0.637. The first-order chi connectivity index (χ1) is 6.47. The van der Waals surface area contributed by atoms with Gasteiger partial charge in [-0.1, -0.05) is 13.8 Å². The minimum absolute atomic E-state index is 0.101. The summed E-state index contributed by atoms with van der Waals surface area (Å²) in [5.74, 6) is 2.74. The predicted molar refractivity (Wildman–Crippen MR) is 66.8 cm³/mol. The van der Waals surface area contributed by atoms with E-state index in [2.05, 4.69) is 54.4 Å². The van der Waals surface area contributed by atoms with Crippen molar-refractivity contribution >= 4 is 0 Å². The van der Waals surface area contributed by atoms with Gasteiger partial charge in [-0.15, -0.1) is 12.3 Å². The predicted octanol–water partition coefficient (Wildman–Crippen LogP) is 4.02. The second-order valence-electron chi connectivity index (χ2n) is 6.70. The molecule has 0 radical (unpaired) electrons. The monoisotopic (exact) mass is 210 g/mol. The molecule has 88 valence electrons. The number of rotatable bonds is 4. The van der Waals surface area contributed by atoms with E-state index in [4.69, 9.17) is 11.2 Å². The number of ether oxygens (including phenoxy) is 1. The lowest BCUT2D eigenvalue weighted by Crippen LogP contribution is -2.38. The maximum Gasteiger partial charge on any atom is 0.0639 e. The molecule has 0 atom stereocenters. The van der Waals surface area contributed by atoms with E-state index in [1.807, 2.05) is 0 Å². The summed E-state index contributed by atoms with van der Waals surface area (Å²) in [5.41, 5.74) is -0.0855. The van der Waals surface area contributed by atoms with Crippen LogP contribution in [-0.4, -0.2) is 11.2 Å². The summed E-state index contributed by atoms with van der Waals surface area (Å²) in [5, 5.41) is 0. The van der Waals surface area contributed by atoms with Crippen molar-refractivity contribution in [3.63, 3.8) is 0 Å². The molecule has 0 rings (SSSR count). The number of hydrogen-bond donors (Lipinski definition) is 0. The van der Waals surface area contributed by atoms with Gasteiger partial charge in [-0.05, 0) is 46.5 Å². The highest BCUT2D eigenvalue weighted by Crippen LogP contribution is 2.34. The lowest BCUT2D eigenvalue weighted by molar-refractivity contribution is -0.128. The Balaban J connectivity index is 4.44. The van der Waals surface area contributed by atoms with Crippen molar-refractivity contribution in [1.82, 2.24) is 0 Å². The smallest absolute Gasteiger partial charge is 0.0639 e. The molecule has 0 aromatic carbocycles. The van der Waals surface area contributed by atoms with Crippen molar-refractivity contribution in [2.75, 3.05) is 0 Å². The second kappa shape index (κ2) is 4.58. The molecule has 0 bridgehead atoms. The Bertz CT molecular complexity index is 235. The van der Waals surface area contributed by atoms with E-state index in [0.29, 0.717) is 0 Å². The standard InChI is InChI=1S/C14H26O/c1-9-10-13(5,6)11-14(7,8)15-12(2,3)4/h1H,10-11H2,2-8H3. The third kappa shape index (κ3) is 7.45. The van der Waals surface area contributed by atoms with Crippen molar-refractivity contribution in [2.24, 2.45) is 5.41 Å². The molecule has 1 nitrogen and oxygen atoms in total. The maximum atomic E-state index is 6.04. The molecule has 15 heavy (non-hydrogen) atoms. The molecule has 0 unspecified atom stereocenters. The van der Waals surface area contributed by atoms with Crippen LogP contribution in [0.5, 0.6) is 0 Å². The Kier molecular flexibility index (Phi) is 4.43. The molecule has 0 aromatic rings. The van der Waals surface area contributed by atoms with Gasteiger partial charge in [0, 0.05) is 6.42 Å². The molecule has 0 aromatic heterocycles. The Morgan fingerprint density at radius 2 is 1.47 bits per heavy atom. The van der Waals surface area contributed by atoms with Crippen LogP contribution in [0.3, 0.4) is 0 Å². The van der Waals surface area contributed by atoms with Crippen LogP contribution in [0.1, 0.15) is 61.3 Å². The van der Waals surface area contributed by atoms with Crippen molar-refractivity contribution in [3.8, 4) is 12.3 Å². The molecular weight excluding hydrogens is 184 g/mol. The van der Waals surface area contributed by atoms with Gasteiger partial charge in [-0.3, -0.25) is 0 Å². The molecule has 0 aliphatic carbocycles. The average molecular weight is 210 g/mol. The molecule has 0 saturated heterocycles. The van der Waals surface area contributed by atoms with Crippen LogP contribution in [0.15, 0.2) is 0 Å². The van der Waals surface area contributed by atoms with E-state index in [-0.39, 0.29) is 16.6 Å². The first-order valence-corrected chi connectivity index (χ1v) is 5.61. The lowest BCUT2D eigenvalue weighted by Gasteiger charge is -2.38. The van der Waals surface area contributed by atoms with E-state index in [9.17, 15) is 0 Å². The number of terminal acetylenes is 1. The highest BCUT2D eigenvalue weighted by molar-refractivity contribution is 4.93. The topological polar surface area (TPSA) is 9.23 Å². The van der Waals surface area contributed by atoms with Crippen LogP contribution >= 0.6 is 0 Å². The van der Waals surface area contributed by atoms with Gasteiger partial charge in [0.15, 0.2) is 0 Å². The van der Waals surface area contributed by atoms with Gasteiger partial charge in [0.1, 0.15) is 0 Å². The van der Waals surface area contributed by atoms with Crippen molar-refractivity contribution in [2.45, 2.75) is 72.5 Å². The molecule has 0 aliphatic rings. The fourth-order valence-electron chi connectivity index (χ4n) is 2.36. The van der Waals surface area contributed by atoms with Crippen LogP contribution in [0.4, 0.5) is 0 Å². The van der Waals surface area contributed by atoms with Gasteiger partial charge < -0.3 is 4.74 Å². The van der Waals surface area contributed by atoms with Crippen LogP contribution in [-0.2, 0) is 4.74 Å². The number of hydrogen-bond acceptors (Lipinski definition) is 1. The summed E-state index contributed by atoms with van der Waals surface area (Å²) in [6.07, 6.45) is 7.14. The Hall–Kier alpha value is -0.480. The van der Waals surface area contributed by atoms with E-state index >= 15 is 0 Å². The van der Waals surface area contributed by atoms with Crippen molar-refractivity contribution in [3.05, 3.63) is 0 Å². The lowest BCUT2D eigenvalue weighted by atomic mass is 9.79. The third-order valence-electron chi connectivity index (χ3n) is 2.07. The molecule has 0 N–H and O–H groups in total.